The zero-order chi connectivity index (χ0) is 11.3. The van der Waals surface area contributed by atoms with Crippen LogP contribution in [0.1, 0.15) is 39.2 Å². The van der Waals surface area contributed by atoms with Crippen molar-refractivity contribution in [3.63, 3.8) is 0 Å². The Labute approximate surface area is 93.1 Å². The van der Waals surface area contributed by atoms with E-state index in [4.69, 9.17) is 0 Å². The predicted octanol–water partition coefficient (Wildman–Crippen LogP) is 3.42. The van der Waals surface area contributed by atoms with Crippen molar-refractivity contribution in [3.8, 4) is 0 Å². The average Bonchev–Trinajstić information content (AvgIpc) is 2.17. The molecule has 0 aliphatic carbocycles. The van der Waals surface area contributed by atoms with Gasteiger partial charge in [-0.15, -0.1) is 0 Å². The zero-order valence-electron chi connectivity index (χ0n) is 10.0. The summed E-state index contributed by atoms with van der Waals surface area (Å²) in [6, 6.07) is 10.2. The fourth-order valence-corrected chi connectivity index (χ4v) is 2.00. The maximum atomic E-state index is 10.3. The molecule has 1 rings (SSSR count). The van der Waals surface area contributed by atoms with Crippen molar-refractivity contribution < 1.29 is 5.11 Å². The molecule has 1 nitrogen and oxygen atoms in total. The molecule has 2 atom stereocenters. The Balaban J connectivity index is 2.56. The Bertz CT molecular complexity index is 277. The Hall–Kier alpha value is -0.820. The van der Waals surface area contributed by atoms with Crippen LogP contribution >= 0.6 is 0 Å². The lowest BCUT2D eigenvalue weighted by atomic mass is 9.86. The summed E-state index contributed by atoms with van der Waals surface area (Å²) in [6.45, 7) is 6.30. The smallest absolute Gasteiger partial charge is 0.0662 e. The molecule has 1 aromatic rings. The van der Waals surface area contributed by atoms with Crippen LogP contribution in [0.25, 0.3) is 0 Å². The van der Waals surface area contributed by atoms with E-state index in [-0.39, 0.29) is 0 Å². The van der Waals surface area contributed by atoms with Crippen LogP contribution in [0, 0.1) is 5.92 Å². The Kier molecular flexibility index (Phi) is 4.34. The molecular formula is C14H22O. The number of aliphatic hydroxyl groups is 1. The minimum atomic E-state index is -0.573. The van der Waals surface area contributed by atoms with Gasteiger partial charge in [-0.2, -0.15) is 0 Å². The Morgan fingerprint density at radius 3 is 2.40 bits per heavy atom. The van der Waals surface area contributed by atoms with Gasteiger partial charge in [0, 0.05) is 6.42 Å². The first-order chi connectivity index (χ1) is 7.03. The number of hydrogen-bond donors (Lipinski definition) is 1. The fourth-order valence-electron chi connectivity index (χ4n) is 2.00. The molecule has 2 unspecified atom stereocenters. The summed E-state index contributed by atoms with van der Waals surface area (Å²) in [5, 5.41) is 10.3. The zero-order valence-corrected chi connectivity index (χ0v) is 10.0. The summed E-state index contributed by atoms with van der Waals surface area (Å²) >= 11 is 0. The van der Waals surface area contributed by atoms with Crippen molar-refractivity contribution in [2.75, 3.05) is 0 Å². The molecule has 0 aliphatic heterocycles. The van der Waals surface area contributed by atoms with E-state index in [0.29, 0.717) is 5.92 Å². The van der Waals surface area contributed by atoms with Gasteiger partial charge in [0.25, 0.3) is 0 Å². The number of hydrogen-bond acceptors (Lipinski definition) is 1. The van der Waals surface area contributed by atoms with Crippen LogP contribution in [0.15, 0.2) is 30.3 Å². The molecule has 0 amide bonds. The van der Waals surface area contributed by atoms with Crippen LogP contribution in [0.3, 0.4) is 0 Å². The molecule has 1 aromatic carbocycles. The molecule has 0 aromatic heterocycles. The molecule has 84 valence electrons. The monoisotopic (exact) mass is 206 g/mol. The molecule has 0 bridgehead atoms. The molecule has 0 radical (unpaired) electrons. The second-order valence-electron chi connectivity index (χ2n) is 4.88. The van der Waals surface area contributed by atoms with E-state index in [1.165, 1.54) is 5.56 Å². The van der Waals surface area contributed by atoms with Crippen LogP contribution in [0.5, 0.6) is 0 Å². The van der Waals surface area contributed by atoms with Crippen molar-refractivity contribution in [2.45, 2.75) is 45.6 Å². The van der Waals surface area contributed by atoms with Gasteiger partial charge in [0.05, 0.1) is 5.60 Å². The van der Waals surface area contributed by atoms with Crippen molar-refractivity contribution in [1.82, 2.24) is 0 Å². The van der Waals surface area contributed by atoms with Gasteiger partial charge in [-0.3, -0.25) is 0 Å². The lowest BCUT2D eigenvalue weighted by Gasteiger charge is -2.26. The van der Waals surface area contributed by atoms with E-state index < -0.39 is 5.60 Å². The van der Waals surface area contributed by atoms with Gasteiger partial charge in [-0.25, -0.2) is 0 Å². The molecule has 0 fully saturated rings. The third kappa shape index (κ3) is 4.48. The highest BCUT2D eigenvalue weighted by molar-refractivity contribution is 5.16. The highest BCUT2D eigenvalue weighted by Crippen LogP contribution is 2.22. The molecule has 1 N–H and O–H groups in total. The van der Waals surface area contributed by atoms with Gasteiger partial charge in [0.1, 0.15) is 0 Å². The molecule has 0 saturated heterocycles. The van der Waals surface area contributed by atoms with E-state index >= 15 is 0 Å². The van der Waals surface area contributed by atoms with Crippen LogP contribution in [-0.4, -0.2) is 10.7 Å². The van der Waals surface area contributed by atoms with Gasteiger partial charge in [-0.1, -0.05) is 50.6 Å². The number of rotatable bonds is 5. The lowest BCUT2D eigenvalue weighted by molar-refractivity contribution is 0.0359. The molecule has 0 saturated carbocycles. The molecule has 1 heteroatoms. The topological polar surface area (TPSA) is 20.2 Å². The third-order valence-corrected chi connectivity index (χ3v) is 2.91. The van der Waals surface area contributed by atoms with Gasteiger partial charge in [0.2, 0.25) is 0 Å². The fraction of sp³-hybridized carbons (Fsp3) is 0.571. The van der Waals surface area contributed by atoms with Gasteiger partial charge in [-0.05, 0) is 24.8 Å². The largest absolute Gasteiger partial charge is 0.390 e. The van der Waals surface area contributed by atoms with Crippen LogP contribution in [0.4, 0.5) is 0 Å². The molecule has 15 heavy (non-hydrogen) atoms. The molecule has 0 spiro atoms. The summed E-state index contributed by atoms with van der Waals surface area (Å²) in [4.78, 5) is 0. The lowest BCUT2D eigenvalue weighted by Crippen LogP contribution is -2.29. The van der Waals surface area contributed by atoms with Crippen molar-refractivity contribution >= 4 is 0 Å². The second kappa shape index (κ2) is 5.32. The van der Waals surface area contributed by atoms with Gasteiger partial charge >= 0.3 is 0 Å². The minimum Gasteiger partial charge on any atom is -0.390 e. The quantitative estimate of drug-likeness (QED) is 0.782. The molecule has 0 heterocycles. The molecular weight excluding hydrogens is 184 g/mol. The van der Waals surface area contributed by atoms with Crippen molar-refractivity contribution in [2.24, 2.45) is 5.92 Å². The van der Waals surface area contributed by atoms with Crippen LogP contribution < -0.4 is 0 Å². The SMILES string of the molecule is CCC(C)CC(C)(O)Cc1ccccc1. The standard InChI is InChI=1S/C14H22O/c1-4-12(2)10-14(3,15)11-13-8-6-5-7-9-13/h5-9,12,15H,4,10-11H2,1-3H3. The Morgan fingerprint density at radius 1 is 1.27 bits per heavy atom. The maximum absolute atomic E-state index is 10.3. The van der Waals surface area contributed by atoms with Gasteiger partial charge < -0.3 is 5.11 Å². The summed E-state index contributed by atoms with van der Waals surface area (Å²) < 4.78 is 0. The highest BCUT2D eigenvalue weighted by Gasteiger charge is 2.22. The van der Waals surface area contributed by atoms with E-state index in [0.717, 1.165) is 19.3 Å². The Morgan fingerprint density at radius 2 is 1.87 bits per heavy atom. The second-order valence-corrected chi connectivity index (χ2v) is 4.88. The summed E-state index contributed by atoms with van der Waals surface area (Å²) in [7, 11) is 0. The first-order valence-corrected chi connectivity index (χ1v) is 5.80. The maximum Gasteiger partial charge on any atom is 0.0662 e. The predicted molar refractivity (Wildman–Crippen MR) is 64.8 cm³/mol. The number of benzene rings is 1. The third-order valence-electron chi connectivity index (χ3n) is 2.91. The highest BCUT2D eigenvalue weighted by atomic mass is 16.3. The minimum absolute atomic E-state index is 0.573. The van der Waals surface area contributed by atoms with E-state index in [2.05, 4.69) is 26.0 Å². The van der Waals surface area contributed by atoms with Crippen molar-refractivity contribution in [1.29, 1.82) is 0 Å². The average molecular weight is 206 g/mol. The summed E-state index contributed by atoms with van der Waals surface area (Å²) in [6.07, 6.45) is 2.75. The van der Waals surface area contributed by atoms with Crippen LogP contribution in [-0.2, 0) is 6.42 Å². The first-order valence-electron chi connectivity index (χ1n) is 5.80. The van der Waals surface area contributed by atoms with E-state index in [9.17, 15) is 5.11 Å². The summed E-state index contributed by atoms with van der Waals surface area (Å²) in [5.41, 5.74) is 0.641. The van der Waals surface area contributed by atoms with Crippen molar-refractivity contribution in [3.05, 3.63) is 35.9 Å². The van der Waals surface area contributed by atoms with E-state index in [1.54, 1.807) is 0 Å². The molecule has 0 aliphatic rings. The normalized spacial score (nSPS) is 17.1. The summed E-state index contributed by atoms with van der Waals surface area (Å²) in [5.74, 6) is 0.587. The van der Waals surface area contributed by atoms with Crippen LogP contribution in [0.2, 0.25) is 0 Å². The van der Waals surface area contributed by atoms with Gasteiger partial charge in [0.15, 0.2) is 0 Å². The first kappa shape index (κ1) is 12.3. The van der Waals surface area contributed by atoms with E-state index in [1.807, 2.05) is 25.1 Å².